The van der Waals surface area contributed by atoms with Gasteiger partial charge in [0.2, 0.25) is 6.41 Å². The molecule has 1 amide bonds. The van der Waals surface area contributed by atoms with Gasteiger partial charge in [0.15, 0.2) is 0 Å². The van der Waals surface area contributed by atoms with Crippen molar-refractivity contribution in [2.75, 3.05) is 0 Å². The van der Waals surface area contributed by atoms with Crippen molar-refractivity contribution in [2.45, 2.75) is 32.4 Å². The molecule has 0 heterocycles. The minimum atomic E-state index is -0.447. The molecule has 60 valence electrons. The number of hydrogen-bond acceptors (Lipinski definition) is 3. The zero-order valence-electron chi connectivity index (χ0n) is 6.29. The zero-order valence-corrected chi connectivity index (χ0v) is 6.29. The van der Waals surface area contributed by atoms with E-state index in [0.29, 0.717) is 6.41 Å². The van der Waals surface area contributed by atoms with Crippen LogP contribution in [-0.2, 0) is 4.79 Å². The summed E-state index contributed by atoms with van der Waals surface area (Å²) in [5, 5.41) is 9.02. The Morgan fingerprint density at radius 2 is 2.30 bits per heavy atom. The third-order valence-corrected chi connectivity index (χ3v) is 1.35. The van der Waals surface area contributed by atoms with Gasteiger partial charge < -0.3 is 5.11 Å². The third-order valence-electron chi connectivity index (χ3n) is 1.35. The second kappa shape index (κ2) is 5.20. The van der Waals surface area contributed by atoms with Crippen molar-refractivity contribution < 1.29 is 9.90 Å². The van der Waals surface area contributed by atoms with Crippen LogP contribution in [0.2, 0.25) is 0 Å². The van der Waals surface area contributed by atoms with E-state index in [1.807, 2.05) is 6.92 Å². The molecule has 0 radical (unpaired) electrons. The van der Waals surface area contributed by atoms with E-state index in [1.54, 1.807) is 6.92 Å². The van der Waals surface area contributed by atoms with E-state index in [0.717, 1.165) is 6.42 Å². The first-order chi connectivity index (χ1) is 4.72. The number of amides is 1. The first kappa shape index (κ1) is 9.39. The van der Waals surface area contributed by atoms with Gasteiger partial charge >= 0.3 is 0 Å². The Hall–Kier alpha value is -0.610. The topological polar surface area (TPSA) is 61.4 Å². The van der Waals surface area contributed by atoms with Crippen LogP contribution in [-0.4, -0.2) is 23.7 Å². The second-order valence-corrected chi connectivity index (χ2v) is 2.16. The Labute approximate surface area is 60.6 Å². The first-order valence-corrected chi connectivity index (χ1v) is 3.35. The lowest BCUT2D eigenvalue weighted by atomic mass is 10.1. The molecule has 0 aliphatic carbocycles. The van der Waals surface area contributed by atoms with Crippen molar-refractivity contribution in [1.29, 1.82) is 0 Å². The fraction of sp³-hybridized carbons (Fsp3) is 0.833. The first-order valence-electron chi connectivity index (χ1n) is 3.35. The Bertz CT molecular complexity index is 95.7. The fourth-order valence-corrected chi connectivity index (χ4v) is 0.705. The highest BCUT2D eigenvalue weighted by Crippen LogP contribution is 1.94. The molecule has 0 aromatic carbocycles. The molecular weight excluding hydrogens is 132 g/mol. The van der Waals surface area contributed by atoms with Gasteiger partial charge in [-0.1, -0.05) is 6.92 Å². The van der Waals surface area contributed by atoms with E-state index in [4.69, 9.17) is 5.11 Å². The van der Waals surface area contributed by atoms with Gasteiger partial charge in [-0.05, 0) is 13.3 Å². The fourth-order valence-electron chi connectivity index (χ4n) is 0.705. The SMILES string of the molecule is CC[C@H](NNC=O)[C@@H](C)O. The Kier molecular flexibility index (Phi) is 4.88. The number of aliphatic hydroxyl groups is 1. The standard InChI is InChI=1S/C6H14N2O2/c1-3-6(5(2)10)8-7-4-9/h4-6,8,10H,3H2,1-2H3,(H,7,9)/t5-,6+/m1/s1. The third kappa shape index (κ3) is 3.42. The molecule has 0 aliphatic heterocycles. The molecular formula is C6H14N2O2. The number of nitrogens with one attached hydrogen (secondary N) is 2. The molecule has 0 unspecified atom stereocenters. The van der Waals surface area contributed by atoms with Crippen molar-refractivity contribution in [3.05, 3.63) is 0 Å². The van der Waals surface area contributed by atoms with Gasteiger partial charge in [0, 0.05) is 0 Å². The van der Waals surface area contributed by atoms with Crippen molar-refractivity contribution >= 4 is 6.41 Å². The van der Waals surface area contributed by atoms with Crippen LogP contribution in [0.4, 0.5) is 0 Å². The van der Waals surface area contributed by atoms with Crippen LogP contribution in [0.1, 0.15) is 20.3 Å². The zero-order chi connectivity index (χ0) is 7.98. The van der Waals surface area contributed by atoms with Gasteiger partial charge in [0.05, 0.1) is 12.1 Å². The van der Waals surface area contributed by atoms with Crippen LogP contribution in [0.5, 0.6) is 0 Å². The molecule has 4 nitrogen and oxygen atoms in total. The predicted molar refractivity (Wildman–Crippen MR) is 38.1 cm³/mol. The van der Waals surface area contributed by atoms with Crippen LogP contribution in [0.25, 0.3) is 0 Å². The molecule has 0 aromatic rings. The lowest BCUT2D eigenvalue weighted by molar-refractivity contribution is -0.110. The van der Waals surface area contributed by atoms with Gasteiger partial charge in [0.1, 0.15) is 0 Å². The molecule has 0 bridgehead atoms. The number of carbonyl (C=O) groups excluding carboxylic acids is 1. The average Bonchev–Trinajstić information content (AvgIpc) is 1.89. The Morgan fingerprint density at radius 1 is 1.70 bits per heavy atom. The predicted octanol–water partition coefficient (Wildman–Crippen LogP) is -0.604. The summed E-state index contributed by atoms with van der Waals surface area (Å²) in [6.45, 7) is 3.60. The summed E-state index contributed by atoms with van der Waals surface area (Å²) in [6.07, 6.45) is 0.876. The normalized spacial score (nSPS) is 15.9. The van der Waals surface area contributed by atoms with E-state index < -0.39 is 6.10 Å². The summed E-state index contributed by atoms with van der Waals surface area (Å²) >= 11 is 0. The number of carbonyl (C=O) groups is 1. The smallest absolute Gasteiger partial charge is 0.221 e. The number of rotatable bonds is 5. The van der Waals surface area contributed by atoms with Crippen LogP contribution >= 0.6 is 0 Å². The largest absolute Gasteiger partial charge is 0.392 e. The maximum absolute atomic E-state index is 9.79. The van der Waals surface area contributed by atoms with Crippen LogP contribution in [0.3, 0.4) is 0 Å². The number of aliphatic hydroxyl groups excluding tert-OH is 1. The van der Waals surface area contributed by atoms with E-state index in [9.17, 15) is 4.79 Å². The molecule has 0 aliphatic rings. The summed E-state index contributed by atoms with van der Waals surface area (Å²) in [5.74, 6) is 0. The lowest BCUT2D eigenvalue weighted by Crippen LogP contribution is -2.45. The quantitative estimate of drug-likeness (QED) is 0.358. The monoisotopic (exact) mass is 146 g/mol. The van der Waals surface area contributed by atoms with Crippen LogP contribution < -0.4 is 10.9 Å². The number of hydrogen-bond donors (Lipinski definition) is 3. The van der Waals surface area contributed by atoms with Crippen LogP contribution in [0.15, 0.2) is 0 Å². The minimum Gasteiger partial charge on any atom is -0.392 e. The molecule has 0 aromatic heterocycles. The summed E-state index contributed by atoms with van der Waals surface area (Å²) in [6, 6.07) is -0.0646. The van der Waals surface area contributed by atoms with Gasteiger partial charge in [-0.3, -0.25) is 10.2 Å². The van der Waals surface area contributed by atoms with E-state index in [1.165, 1.54) is 0 Å². The molecule has 0 rings (SSSR count). The van der Waals surface area contributed by atoms with Crippen molar-refractivity contribution in [3.63, 3.8) is 0 Å². The van der Waals surface area contributed by atoms with Gasteiger partial charge in [-0.25, -0.2) is 5.43 Å². The van der Waals surface area contributed by atoms with Crippen molar-refractivity contribution in [3.8, 4) is 0 Å². The summed E-state index contributed by atoms with van der Waals surface area (Å²) < 4.78 is 0. The molecule has 0 saturated heterocycles. The van der Waals surface area contributed by atoms with E-state index in [-0.39, 0.29) is 6.04 Å². The molecule has 0 fully saturated rings. The highest BCUT2D eigenvalue weighted by Gasteiger charge is 2.10. The maximum Gasteiger partial charge on any atom is 0.221 e. The highest BCUT2D eigenvalue weighted by molar-refractivity contribution is 5.44. The van der Waals surface area contributed by atoms with Gasteiger partial charge in [-0.15, -0.1) is 0 Å². The minimum absolute atomic E-state index is 0.0646. The Morgan fingerprint density at radius 3 is 2.60 bits per heavy atom. The molecule has 3 N–H and O–H groups in total. The van der Waals surface area contributed by atoms with Crippen molar-refractivity contribution in [1.82, 2.24) is 10.9 Å². The molecule has 4 heteroatoms. The average molecular weight is 146 g/mol. The second-order valence-electron chi connectivity index (χ2n) is 2.16. The number of hydrazine groups is 1. The summed E-state index contributed by atoms with van der Waals surface area (Å²) in [7, 11) is 0. The van der Waals surface area contributed by atoms with E-state index in [2.05, 4.69) is 10.9 Å². The molecule has 0 saturated carbocycles. The van der Waals surface area contributed by atoms with Crippen LogP contribution in [0, 0.1) is 0 Å². The summed E-state index contributed by atoms with van der Waals surface area (Å²) in [4.78, 5) is 9.79. The summed E-state index contributed by atoms with van der Waals surface area (Å²) in [5.41, 5.74) is 4.94. The van der Waals surface area contributed by atoms with Crippen molar-refractivity contribution in [2.24, 2.45) is 0 Å². The highest BCUT2D eigenvalue weighted by atomic mass is 16.3. The van der Waals surface area contributed by atoms with E-state index >= 15 is 0 Å². The Balaban J connectivity index is 3.49. The van der Waals surface area contributed by atoms with Gasteiger partial charge in [0.25, 0.3) is 0 Å². The van der Waals surface area contributed by atoms with Gasteiger partial charge in [-0.2, -0.15) is 0 Å². The molecule has 10 heavy (non-hydrogen) atoms. The molecule has 2 atom stereocenters. The lowest BCUT2D eigenvalue weighted by Gasteiger charge is -2.18. The maximum atomic E-state index is 9.79. The molecule has 0 spiro atoms.